The molecule has 34 heteroatoms. The van der Waals surface area contributed by atoms with Crippen LogP contribution in [0.3, 0.4) is 0 Å². The number of aromatic amines is 3. The number of carboxylic acid groups (broad SMARTS) is 1. The van der Waals surface area contributed by atoms with E-state index in [2.05, 4.69) is 218 Å². The Kier molecular flexibility index (Phi) is 38.9. The number of nitrogens with zero attached hydrogens (tertiary/aromatic N) is 4. The lowest BCUT2D eigenvalue weighted by molar-refractivity contribution is -0.118. The number of aliphatic hydroxyl groups excluding tert-OH is 1. The summed E-state index contributed by atoms with van der Waals surface area (Å²) in [5.41, 5.74) is 9.09. The zero-order valence-corrected chi connectivity index (χ0v) is 98.7. The SMILES string of the molecule is CC(C)(C)OC(=O)n1c(-c2cc3ccccc3[nH]c2=O)cc2cc(CO[Si](C)(C)C(C)(C)C)ccc21.CC(C)(C)OC(=O)n1c(B(O)O)cc2cc(CO[Si](C)(C)C(C)(C)C)ccc21.CC(C)(C)OC(=O)n1ccc2cc(CO[Si](C)(C)C(C)(C)C)ccc21.Clc1nc2ccccc2cc1I.O=C(O)c1ccc2[nH]ccc2c1.O=C1NC2C=CC=CC2C=C1I.O=C1NC2C=CC=CC2C=C1I.OCc1ccc2[nH]ccc2c1. The molecule has 2 amide bonds. The van der Waals surface area contributed by atoms with Crippen molar-refractivity contribution in [2.75, 3.05) is 0 Å². The van der Waals surface area contributed by atoms with Crippen molar-refractivity contribution < 1.29 is 76.5 Å². The number of nitrogens with one attached hydrogen (secondary N) is 5. The predicted molar refractivity (Wildman–Crippen MR) is 631 cm³/mol. The van der Waals surface area contributed by atoms with Gasteiger partial charge in [0, 0.05) is 73.9 Å². The summed E-state index contributed by atoms with van der Waals surface area (Å²) in [5, 5.41) is 50.5. The zero-order chi connectivity index (χ0) is 109. The molecule has 2 aliphatic carbocycles. The quantitative estimate of drug-likeness (QED) is 0.0224. The van der Waals surface area contributed by atoms with Crippen molar-refractivity contribution in [2.24, 2.45) is 11.8 Å². The smallest absolute Gasteiger partial charge is 0.478 e. The molecule has 7 aromatic heterocycles. The maximum Gasteiger partial charge on any atom is 0.506 e. The van der Waals surface area contributed by atoms with E-state index >= 15 is 0 Å². The van der Waals surface area contributed by atoms with Crippen LogP contribution < -0.4 is 21.8 Å². The minimum atomic E-state index is -1.92. The molecule has 0 spiro atoms. The van der Waals surface area contributed by atoms with Crippen LogP contribution in [-0.4, -0.2) is 151 Å². The zero-order valence-electron chi connectivity index (χ0n) is 88.4. The van der Waals surface area contributed by atoms with Crippen LogP contribution in [0.15, 0.2) is 273 Å². The van der Waals surface area contributed by atoms with Crippen LogP contribution in [0.5, 0.6) is 0 Å². The molecule has 0 saturated heterocycles. The first-order chi connectivity index (χ1) is 69.1. The molecule has 7 aromatic carbocycles. The summed E-state index contributed by atoms with van der Waals surface area (Å²) in [6.45, 7) is 51.4. The van der Waals surface area contributed by atoms with Crippen molar-refractivity contribution in [1.82, 2.24) is 44.3 Å². The summed E-state index contributed by atoms with van der Waals surface area (Å²) in [6.07, 6.45) is 24.1. The number of ether oxygens (including phenoxy) is 3. The number of aromatic nitrogens is 7. The van der Waals surface area contributed by atoms with Crippen LogP contribution in [0.2, 0.25) is 59.5 Å². The Labute approximate surface area is 915 Å². The van der Waals surface area contributed by atoms with E-state index in [4.69, 9.17) is 49.3 Å². The number of benzene rings is 7. The summed E-state index contributed by atoms with van der Waals surface area (Å²) in [5.74, 6) is -0.120. The lowest BCUT2D eigenvalue weighted by atomic mass is 9.86. The van der Waals surface area contributed by atoms with Crippen LogP contribution in [0.4, 0.5) is 14.4 Å². The average Bonchev–Trinajstić information content (AvgIpc) is 1.61. The Morgan fingerprint density at radius 1 is 0.446 bits per heavy atom. The van der Waals surface area contributed by atoms with Crippen molar-refractivity contribution in [3.8, 4) is 11.3 Å². The highest BCUT2D eigenvalue weighted by molar-refractivity contribution is 14.1. The summed E-state index contributed by atoms with van der Waals surface area (Å²) in [6, 6.07) is 57.4. The number of carbonyl (C=O) groups is 6. The number of allylic oxidation sites excluding steroid dienone is 4. The number of amides is 2. The number of aliphatic hydroxyl groups is 1. The number of hydrogen-bond acceptors (Lipinski definition) is 17. The topological polar surface area (TPSA) is 355 Å². The molecule has 9 N–H and O–H groups in total. The van der Waals surface area contributed by atoms with Gasteiger partial charge in [0.1, 0.15) is 22.0 Å². The second-order valence-corrected chi connectivity index (χ2v) is 62.3. The van der Waals surface area contributed by atoms with E-state index < -0.39 is 67.0 Å². The van der Waals surface area contributed by atoms with Gasteiger partial charge in [-0.1, -0.05) is 195 Å². The number of carboxylic acids is 1. The second kappa shape index (κ2) is 49.0. The van der Waals surface area contributed by atoms with Gasteiger partial charge in [-0.25, -0.2) is 28.7 Å². The molecule has 0 radical (unpaired) electrons. The molecule has 4 unspecified atom stereocenters. The maximum atomic E-state index is 13.4. The van der Waals surface area contributed by atoms with E-state index in [1.165, 1.54) is 9.13 Å². The Bertz CT molecular complexity index is 7350. The Morgan fingerprint density at radius 3 is 1.35 bits per heavy atom. The summed E-state index contributed by atoms with van der Waals surface area (Å²) in [7, 11) is -7.36. The molecule has 18 rings (SSSR count). The van der Waals surface area contributed by atoms with Gasteiger partial charge in [-0.2, -0.15) is 0 Å². The number of H-pyrrole nitrogens is 3. The van der Waals surface area contributed by atoms with Crippen molar-refractivity contribution in [3.05, 3.63) is 315 Å². The highest BCUT2D eigenvalue weighted by Crippen LogP contribution is 2.42. The van der Waals surface area contributed by atoms with Gasteiger partial charge in [-0.3, -0.25) is 23.5 Å². The fourth-order valence-electron chi connectivity index (χ4n) is 14.9. The van der Waals surface area contributed by atoms with Crippen LogP contribution in [0, 0.1) is 15.4 Å². The number of carbonyl (C=O) groups excluding carboxylic acids is 5. The highest BCUT2D eigenvalue weighted by Gasteiger charge is 2.41. The fraction of sp³-hybridized carbons (Fsp3) is 0.333. The third kappa shape index (κ3) is 31.6. The first-order valence-electron chi connectivity index (χ1n) is 48.8. The molecular weight excluding hydrogens is 2280 g/mol. The number of hydrogen-bond donors (Lipinski definition) is 9. The van der Waals surface area contributed by atoms with Crippen LogP contribution in [0.25, 0.3) is 87.6 Å². The largest absolute Gasteiger partial charge is 0.506 e. The molecule has 4 aliphatic rings. The van der Waals surface area contributed by atoms with Crippen LogP contribution in [0.1, 0.15) is 157 Å². The molecule has 148 heavy (non-hydrogen) atoms. The molecule has 0 fully saturated rings. The normalized spacial score (nSPS) is 15.6. The van der Waals surface area contributed by atoms with Crippen LogP contribution >= 0.6 is 79.4 Å². The Morgan fingerprint density at radius 2 is 0.865 bits per heavy atom. The minimum Gasteiger partial charge on any atom is -0.478 e. The van der Waals surface area contributed by atoms with Gasteiger partial charge >= 0.3 is 31.4 Å². The van der Waals surface area contributed by atoms with Crippen molar-refractivity contribution in [1.29, 1.82) is 0 Å². The van der Waals surface area contributed by atoms with Gasteiger partial charge in [-0.05, 0) is 339 Å². The lowest BCUT2D eigenvalue weighted by Crippen LogP contribution is -2.42. The fourth-order valence-corrected chi connectivity index (χ4v) is 19.5. The standard InChI is InChI=1S/C29H36N2O4Si.C20H32BNO5Si.C20H31NO3Si.C9H5ClIN.2C9H8INO.C9H7NO2.C9H9NO/c1-28(2,3)35-27(33)31-24-14-13-19(18-34-36(7,8)29(4,5)6)15-21(24)17-25(31)22-16-20-11-9-10-12-23(20)30-26(22)32;1-19(2,3)27-18(23)22-16-10-9-14(11-15(16)12-17(22)21(24)25)13-26-28(7,8)20(4,5)6;1-19(2,3)24-18(22)21-12-11-16-13-15(9-10-17(16)21)14-23-25(7,8)20(4,5)6;10-9-7(11)5-6-3-1-2-4-8(6)12-9;2*10-7-5-6-3-1-2-4-8(6)11-9(7)12;11-9(12)7-1-2-8-6(5-7)3-4-10-8;11-6-7-1-2-9-8(5-7)3-4-10-9/h9-17H,18H2,1-8H3,(H,30,32);9-12,24-25H,13H2,1-8H3;9-13H,14H2,1-8H3;1-5H;2*1-6,8H,(H,11,12);1-5,10H,(H,11,12);1-5,10-11H,6H2. The Balaban J connectivity index is 0.000000167. The first-order valence-corrected chi connectivity index (χ1v) is 61.1. The lowest BCUT2D eigenvalue weighted by Gasteiger charge is -2.36. The van der Waals surface area contributed by atoms with Gasteiger partial charge in [0.2, 0.25) is 0 Å². The van der Waals surface area contributed by atoms with Crippen molar-refractivity contribution >= 4 is 229 Å². The number of rotatable bonds is 13. The van der Waals surface area contributed by atoms with E-state index in [0.717, 1.165) is 98.3 Å². The average molecular weight is 2420 g/mol. The number of para-hydroxylation sites is 2. The molecule has 4 atom stereocenters. The van der Waals surface area contributed by atoms with E-state index in [1.807, 2.05) is 242 Å². The molecule has 0 saturated carbocycles. The van der Waals surface area contributed by atoms with Crippen LogP contribution in [-0.2, 0) is 63.5 Å². The molecule has 26 nitrogen and oxygen atoms in total. The van der Waals surface area contributed by atoms with Gasteiger partial charge in [0.05, 0.1) is 93.7 Å². The van der Waals surface area contributed by atoms with Gasteiger partial charge < -0.3 is 73.3 Å². The van der Waals surface area contributed by atoms with E-state index in [-0.39, 0.29) is 62.9 Å². The molecule has 2 aliphatic heterocycles. The molecule has 782 valence electrons. The third-order valence-corrected chi connectivity index (χ3v) is 42.6. The molecular formula is C114H136BClI3N9O17Si3. The number of fused-ring (bicyclic) bond motifs is 9. The summed E-state index contributed by atoms with van der Waals surface area (Å²) < 4.78 is 42.4. The first kappa shape index (κ1) is 117. The van der Waals surface area contributed by atoms with E-state index in [0.29, 0.717) is 64.7 Å². The number of halogens is 4. The second-order valence-electron chi connectivity index (χ2n) is 44.0. The molecule has 9 heterocycles. The minimum absolute atomic E-state index is 0.0387. The molecule has 14 aromatic rings. The highest BCUT2D eigenvalue weighted by atomic mass is 127. The van der Waals surface area contributed by atoms with E-state index in [1.54, 1.807) is 68.1 Å². The maximum absolute atomic E-state index is 13.4. The van der Waals surface area contributed by atoms with E-state index in [9.17, 15) is 43.6 Å². The van der Waals surface area contributed by atoms with Crippen molar-refractivity contribution in [3.63, 3.8) is 0 Å². The van der Waals surface area contributed by atoms with Gasteiger partial charge in [0.15, 0.2) is 25.0 Å². The number of aromatic carboxylic acids is 1. The third-order valence-electron chi connectivity index (χ3n) is 26.1. The summed E-state index contributed by atoms with van der Waals surface area (Å²) >= 11 is 12.2. The van der Waals surface area contributed by atoms with Gasteiger partial charge in [-0.15, -0.1) is 0 Å². The number of pyridine rings is 2. The van der Waals surface area contributed by atoms with Crippen molar-refractivity contribution in [2.45, 2.75) is 234 Å². The van der Waals surface area contributed by atoms with Gasteiger partial charge in [0.25, 0.3) is 17.4 Å². The summed E-state index contributed by atoms with van der Waals surface area (Å²) in [4.78, 5) is 97.6. The Hall–Kier alpha value is -10.9. The predicted octanol–water partition coefficient (Wildman–Crippen LogP) is 27.1. The molecule has 0 bridgehead atoms. The monoisotopic (exact) mass is 2410 g/mol.